The minimum Gasteiger partial charge on any atom is -0.349 e. The summed E-state index contributed by atoms with van der Waals surface area (Å²) >= 11 is 5.86. The SMILES string of the molecule is CN(C)C(=O)CCCS(=O)Cc1c(F)cccc1Cl. The van der Waals surface area contributed by atoms with E-state index >= 15 is 0 Å². The summed E-state index contributed by atoms with van der Waals surface area (Å²) < 4.78 is 25.3. The lowest BCUT2D eigenvalue weighted by Crippen LogP contribution is -2.21. The fourth-order valence-corrected chi connectivity index (χ4v) is 3.05. The summed E-state index contributed by atoms with van der Waals surface area (Å²) in [6, 6.07) is 4.39. The van der Waals surface area contributed by atoms with E-state index in [9.17, 15) is 13.4 Å². The van der Waals surface area contributed by atoms with E-state index in [-0.39, 0.29) is 22.2 Å². The van der Waals surface area contributed by atoms with E-state index in [4.69, 9.17) is 11.6 Å². The Balaban J connectivity index is 2.46. The summed E-state index contributed by atoms with van der Waals surface area (Å²) in [5.41, 5.74) is 0.279. The van der Waals surface area contributed by atoms with Crippen LogP contribution in [0, 0.1) is 5.82 Å². The Morgan fingerprint density at radius 1 is 1.42 bits per heavy atom. The van der Waals surface area contributed by atoms with Gasteiger partial charge in [0.1, 0.15) is 5.82 Å². The summed E-state index contributed by atoms with van der Waals surface area (Å²) in [7, 11) is 2.14. The molecule has 19 heavy (non-hydrogen) atoms. The van der Waals surface area contributed by atoms with E-state index in [1.54, 1.807) is 20.2 Å². The van der Waals surface area contributed by atoms with Crippen molar-refractivity contribution in [2.24, 2.45) is 0 Å². The van der Waals surface area contributed by atoms with Crippen LogP contribution in [0.1, 0.15) is 18.4 Å². The van der Waals surface area contributed by atoms with Gasteiger partial charge in [-0.1, -0.05) is 17.7 Å². The van der Waals surface area contributed by atoms with Crippen LogP contribution in [0.3, 0.4) is 0 Å². The highest BCUT2D eigenvalue weighted by Gasteiger charge is 2.11. The van der Waals surface area contributed by atoms with Crippen molar-refractivity contribution in [2.45, 2.75) is 18.6 Å². The molecule has 0 bridgehead atoms. The average molecular weight is 306 g/mol. The molecule has 1 unspecified atom stereocenters. The molecule has 1 aromatic carbocycles. The lowest BCUT2D eigenvalue weighted by Gasteiger charge is -2.10. The molecule has 0 spiro atoms. The molecule has 6 heteroatoms. The molecule has 1 amide bonds. The van der Waals surface area contributed by atoms with E-state index in [0.717, 1.165) is 0 Å². The van der Waals surface area contributed by atoms with Crippen LogP contribution in [-0.2, 0) is 21.3 Å². The zero-order valence-corrected chi connectivity index (χ0v) is 12.6. The molecule has 0 N–H and O–H groups in total. The normalized spacial score (nSPS) is 12.2. The largest absolute Gasteiger partial charge is 0.349 e. The monoisotopic (exact) mass is 305 g/mol. The Bertz CT molecular complexity index is 459. The number of hydrogen-bond acceptors (Lipinski definition) is 2. The van der Waals surface area contributed by atoms with Crippen molar-refractivity contribution in [1.82, 2.24) is 4.90 Å². The first-order chi connectivity index (χ1) is 8.91. The number of nitrogens with zero attached hydrogens (tertiary/aromatic N) is 1. The van der Waals surface area contributed by atoms with Crippen LogP contribution in [0.25, 0.3) is 0 Å². The van der Waals surface area contributed by atoms with Gasteiger partial charge in [-0.15, -0.1) is 0 Å². The van der Waals surface area contributed by atoms with Crippen LogP contribution in [0.5, 0.6) is 0 Å². The van der Waals surface area contributed by atoms with Gasteiger partial charge in [0.2, 0.25) is 5.91 Å². The first kappa shape index (κ1) is 16.1. The summed E-state index contributed by atoms with van der Waals surface area (Å²) in [5.74, 6) is 0.0115. The maximum Gasteiger partial charge on any atom is 0.222 e. The summed E-state index contributed by atoms with van der Waals surface area (Å²) in [6.07, 6.45) is 0.874. The number of hydrogen-bond donors (Lipinski definition) is 0. The van der Waals surface area contributed by atoms with Crippen molar-refractivity contribution >= 4 is 28.3 Å². The number of rotatable bonds is 6. The van der Waals surface area contributed by atoms with Gasteiger partial charge in [-0.2, -0.15) is 0 Å². The molecule has 3 nitrogen and oxygen atoms in total. The molecule has 0 aliphatic heterocycles. The van der Waals surface area contributed by atoms with Crippen LogP contribution in [-0.4, -0.2) is 34.9 Å². The number of halogens is 2. The van der Waals surface area contributed by atoms with Gasteiger partial charge in [0, 0.05) is 47.7 Å². The Kier molecular flexibility index (Phi) is 6.45. The second-order valence-electron chi connectivity index (χ2n) is 4.38. The van der Waals surface area contributed by atoms with E-state index in [1.165, 1.54) is 17.0 Å². The lowest BCUT2D eigenvalue weighted by atomic mass is 10.2. The smallest absolute Gasteiger partial charge is 0.222 e. The number of carbonyl (C=O) groups excluding carboxylic acids is 1. The quantitative estimate of drug-likeness (QED) is 0.810. The predicted octanol–water partition coefficient (Wildman–Crippen LogP) is 2.60. The lowest BCUT2D eigenvalue weighted by molar-refractivity contribution is -0.128. The van der Waals surface area contributed by atoms with E-state index < -0.39 is 16.6 Å². The maximum absolute atomic E-state index is 13.5. The van der Waals surface area contributed by atoms with Crippen molar-refractivity contribution in [2.75, 3.05) is 19.8 Å². The maximum atomic E-state index is 13.5. The van der Waals surface area contributed by atoms with Gasteiger partial charge < -0.3 is 4.90 Å². The van der Waals surface area contributed by atoms with Gasteiger partial charge in [0.15, 0.2) is 0 Å². The Morgan fingerprint density at radius 2 is 2.11 bits per heavy atom. The molecule has 1 aromatic rings. The summed E-state index contributed by atoms with van der Waals surface area (Å²) in [6.45, 7) is 0. The van der Waals surface area contributed by atoms with Gasteiger partial charge in [0.05, 0.1) is 5.75 Å². The van der Waals surface area contributed by atoms with Gasteiger partial charge in [0.25, 0.3) is 0 Å². The minimum atomic E-state index is -1.22. The highest BCUT2D eigenvalue weighted by Crippen LogP contribution is 2.20. The third-order valence-electron chi connectivity index (χ3n) is 2.63. The molecule has 0 heterocycles. The van der Waals surface area contributed by atoms with Gasteiger partial charge in [-0.25, -0.2) is 4.39 Å². The number of carbonyl (C=O) groups is 1. The minimum absolute atomic E-state index is 0.000856. The molecule has 0 aliphatic carbocycles. The summed E-state index contributed by atoms with van der Waals surface area (Å²) in [4.78, 5) is 12.8. The van der Waals surface area contributed by atoms with E-state index in [0.29, 0.717) is 18.6 Å². The molecule has 0 aromatic heterocycles. The van der Waals surface area contributed by atoms with Crippen molar-refractivity contribution in [3.63, 3.8) is 0 Å². The topological polar surface area (TPSA) is 37.4 Å². The zero-order chi connectivity index (χ0) is 14.4. The third-order valence-corrected chi connectivity index (χ3v) is 4.34. The van der Waals surface area contributed by atoms with Crippen molar-refractivity contribution in [3.8, 4) is 0 Å². The second kappa shape index (κ2) is 7.60. The fourth-order valence-electron chi connectivity index (χ4n) is 1.51. The predicted molar refractivity (Wildman–Crippen MR) is 76.1 cm³/mol. The fraction of sp³-hybridized carbons (Fsp3) is 0.462. The zero-order valence-electron chi connectivity index (χ0n) is 11.0. The van der Waals surface area contributed by atoms with Crippen LogP contribution in [0.15, 0.2) is 18.2 Å². The van der Waals surface area contributed by atoms with Crippen LogP contribution >= 0.6 is 11.6 Å². The van der Waals surface area contributed by atoms with Gasteiger partial charge >= 0.3 is 0 Å². The standard InChI is InChI=1S/C13H17ClFNO2S/c1-16(2)13(17)7-4-8-19(18)9-10-11(14)5-3-6-12(10)15/h3,5-6H,4,7-9H2,1-2H3. The molecule has 0 fully saturated rings. The van der Waals surface area contributed by atoms with Crippen molar-refractivity contribution in [1.29, 1.82) is 0 Å². The highest BCUT2D eigenvalue weighted by atomic mass is 35.5. The number of amides is 1. The molecule has 0 saturated carbocycles. The van der Waals surface area contributed by atoms with Crippen molar-refractivity contribution < 1.29 is 13.4 Å². The molecular weight excluding hydrogens is 289 g/mol. The van der Waals surface area contributed by atoms with Crippen LogP contribution < -0.4 is 0 Å². The van der Waals surface area contributed by atoms with Crippen molar-refractivity contribution in [3.05, 3.63) is 34.6 Å². The number of benzene rings is 1. The Morgan fingerprint density at radius 3 is 2.68 bits per heavy atom. The van der Waals surface area contributed by atoms with E-state index in [1.807, 2.05) is 0 Å². The first-order valence-corrected chi connectivity index (χ1v) is 7.76. The highest BCUT2D eigenvalue weighted by molar-refractivity contribution is 7.84. The Labute approximate surface area is 120 Å². The van der Waals surface area contributed by atoms with Gasteiger partial charge in [-0.3, -0.25) is 9.00 Å². The molecule has 1 atom stereocenters. The Hall–Kier alpha value is -0.940. The molecule has 0 aliphatic rings. The first-order valence-electron chi connectivity index (χ1n) is 5.90. The summed E-state index contributed by atoms with van der Waals surface area (Å²) in [5, 5.41) is 0.290. The molecule has 0 radical (unpaired) electrons. The molecular formula is C13H17ClFNO2S. The third kappa shape index (κ3) is 5.28. The second-order valence-corrected chi connectivity index (χ2v) is 6.36. The van der Waals surface area contributed by atoms with Crippen LogP contribution in [0.2, 0.25) is 5.02 Å². The van der Waals surface area contributed by atoms with Crippen LogP contribution in [0.4, 0.5) is 4.39 Å². The molecule has 0 saturated heterocycles. The average Bonchev–Trinajstić information content (AvgIpc) is 2.33. The molecule has 1 rings (SSSR count). The molecule has 106 valence electrons. The van der Waals surface area contributed by atoms with E-state index in [2.05, 4.69) is 0 Å². The van der Waals surface area contributed by atoms with Gasteiger partial charge in [-0.05, 0) is 18.6 Å².